The van der Waals surface area contributed by atoms with Crippen LogP contribution in [0, 0.1) is 5.92 Å². The molecule has 2 fully saturated rings. The van der Waals surface area contributed by atoms with Gasteiger partial charge in [-0.2, -0.15) is 0 Å². The number of aromatic nitrogens is 4. The molecule has 8 heteroatoms. The molecule has 2 aliphatic heterocycles. The maximum Gasteiger partial charge on any atom is 0.233 e. The van der Waals surface area contributed by atoms with E-state index in [9.17, 15) is 4.79 Å². The molecule has 2 aliphatic rings. The number of carbonyl (C=O) groups excluding carboxylic acids is 1. The molecule has 1 aromatic heterocycles. The van der Waals surface area contributed by atoms with Crippen LogP contribution in [0.3, 0.4) is 0 Å². The fourth-order valence-corrected chi connectivity index (χ4v) is 3.66. The van der Waals surface area contributed by atoms with E-state index >= 15 is 0 Å². The largest absolute Gasteiger partial charge is 0.376 e. The lowest BCUT2D eigenvalue weighted by molar-refractivity contribution is -0.129. The molecule has 0 aliphatic carbocycles. The van der Waals surface area contributed by atoms with Gasteiger partial charge < -0.3 is 9.64 Å². The Morgan fingerprint density at radius 1 is 1.36 bits per heavy atom. The van der Waals surface area contributed by atoms with E-state index < -0.39 is 0 Å². The topological polar surface area (TPSA) is 73.1 Å². The molecule has 3 rings (SSSR count). The van der Waals surface area contributed by atoms with Gasteiger partial charge in [-0.15, -0.1) is 5.10 Å². The molecule has 22 heavy (non-hydrogen) atoms. The predicted octanol–water partition coefficient (Wildman–Crippen LogP) is 1.20. The van der Waals surface area contributed by atoms with Crippen molar-refractivity contribution in [3.8, 4) is 0 Å². The third-order valence-corrected chi connectivity index (χ3v) is 5.30. The quantitative estimate of drug-likeness (QED) is 0.758. The zero-order valence-corrected chi connectivity index (χ0v) is 13.8. The number of thioether (sulfide) groups is 1. The first-order valence-electron chi connectivity index (χ1n) is 8.00. The summed E-state index contributed by atoms with van der Waals surface area (Å²) in [5, 5.41) is 12.5. The molecule has 0 aromatic carbocycles. The van der Waals surface area contributed by atoms with Gasteiger partial charge in [-0.1, -0.05) is 18.7 Å². The zero-order chi connectivity index (χ0) is 15.4. The lowest BCUT2D eigenvalue weighted by Crippen LogP contribution is -2.39. The molecule has 0 saturated carbocycles. The molecule has 1 amide bonds. The molecule has 0 bridgehead atoms. The highest BCUT2D eigenvalue weighted by Gasteiger charge is 2.22. The van der Waals surface area contributed by atoms with Crippen molar-refractivity contribution in [3.05, 3.63) is 0 Å². The van der Waals surface area contributed by atoms with Crippen molar-refractivity contribution in [1.82, 2.24) is 25.1 Å². The number of hydrogen-bond acceptors (Lipinski definition) is 6. The fourth-order valence-electron chi connectivity index (χ4n) is 2.87. The van der Waals surface area contributed by atoms with Gasteiger partial charge in [0.15, 0.2) is 0 Å². The summed E-state index contributed by atoms with van der Waals surface area (Å²) >= 11 is 1.42. The molecular weight excluding hydrogens is 302 g/mol. The van der Waals surface area contributed by atoms with E-state index in [1.807, 2.05) is 4.90 Å². The molecule has 0 N–H and O–H groups in total. The monoisotopic (exact) mass is 325 g/mol. The van der Waals surface area contributed by atoms with E-state index in [0.717, 1.165) is 51.3 Å². The minimum absolute atomic E-state index is 0.184. The molecule has 122 valence electrons. The van der Waals surface area contributed by atoms with Crippen molar-refractivity contribution < 1.29 is 9.53 Å². The van der Waals surface area contributed by atoms with Gasteiger partial charge in [0.25, 0.3) is 0 Å². The molecule has 0 spiro atoms. The number of rotatable bonds is 5. The SMILES string of the molecule is CC1CCN(C(=O)CSc2nnnn2CC2CCCO2)CC1. The third-order valence-electron chi connectivity index (χ3n) is 4.36. The zero-order valence-electron chi connectivity index (χ0n) is 13.0. The highest BCUT2D eigenvalue weighted by Crippen LogP contribution is 2.20. The van der Waals surface area contributed by atoms with Crippen LogP contribution in [0.25, 0.3) is 0 Å². The number of amides is 1. The van der Waals surface area contributed by atoms with Gasteiger partial charge in [-0.3, -0.25) is 4.79 Å². The van der Waals surface area contributed by atoms with E-state index in [-0.39, 0.29) is 12.0 Å². The summed E-state index contributed by atoms with van der Waals surface area (Å²) in [7, 11) is 0. The van der Waals surface area contributed by atoms with Crippen LogP contribution in [0.15, 0.2) is 5.16 Å². The van der Waals surface area contributed by atoms with E-state index in [4.69, 9.17) is 4.74 Å². The second kappa shape index (κ2) is 7.41. The van der Waals surface area contributed by atoms with Gasteiger partial charge in [-0.05, 0) is 42.0 Å². The van der Waals surface area contributed by atoms with Crippen LogP contribution in [0.2, 0.25) is 0 Å². The van der Waals surface area contributed by atoms with E-state index in [1.165, 1.54) is 11.8 Å². The number of nitrogens with zero attached hydrogens (tertiary/aromatic N) is 5. The summed E-state index contributed by atoms with van der Waals surface area (Å²) in [6, 6.07) is 0. The normalized spacial score (nSPS) is 23.1. The molecule has 2 saturated heterocycles. The van der Waals surface area contributed by atoms with Crippen LogP contribution in [0.1, 0.15) is 32.6 Å². The first-order valence-corrected chi connectivity index (χ1v) is 8.99. The number of carbonyl (C=O) groups is 1. The summed E-state index contributed by atoms with van der Waals surface area (Å²) in [6.07, 6.45) is 4.55. The van der Waals surface area contributed by atoms with Crippen LogP contribution < -0.4 is 0 Å². The Kier molecular flexibility index (Phi) is 5.30. The molecule has 3 heterocycles. The Morgan fingerprint density at radius 2 is 2.18 bits per heavy atom. The van der Waals surface area contributed by atoms with E-state index in [1.54, 1.807) is 4.68 Å². The van der Waals surface area contributed by atoms with Crippen molar-refractivity contribution in [1.29, 1.82) is 0 Å². The van der Waals surface area contributed by atoms with Gasteiger partial charge in [0.2, 0.25) is 11.1 Å². The van der Waals surface area contributed by atoms with Crippen molar-refractivity contribution in [3.63, 3.8) is 0 Å². The van der Waals surface area contributed by atoms with Gasteiger partial charge in [0.05, 0.1) is 18.4 Å². The van der Waals surface area contributed by atoms with E-state index in [2.05, 4.69) is 22.4 Å². The minimum atomic E-state index is 0.184. The van der Waals surface area contributed by atoms with Crippen LogP contribution >= 0.6 is 11.8 Å². The Labute approximate surface area is 134 Å². The Morgan fingerprint density at radius 3 is 2.91 bits per heavy atom. The average Bonchev–Trinajstić information content (AvgIpc) is 3.18. The van der Waals surface area contributed by atoms with Crippen LogP contribution in [0.5, 0.6) is 0 Å². The Balaban J connectivity index is 1.49. The fraction of sp³-hybridized carbons (Fsp3) is 0.857. The predicted molar refractivity (Wildman–Crippen MR) is 82.5 cm³/mol. The second-order valence-corrected chi connectivity index (χ2v) is 7.07. The summed E-state index contributed by atoms with van der Waals surface area (Å²) in [4.78, 5) is 14.2. The summed E-state index contributed by atoms with van der Waals surface area (Å²) in [6.45, 7) is 5.49. The highest BCUT2D eigenvalue weighted by atomic mass is 32.2. The van der Waals surface area contributed by atoms with Crippen LogP contribution in [-0.4, -0.2) is 62.6 Å². The minimum Gasteiger partial charge on any atom is -0.376 e. The maximum atomic E-state index is 12.3. The Hall–Kier alpha value is -1.15. The van der Waals surface area contributed by atoms with E-state index in [0.29, 0.717) is 17.5 Å². The standard InChI is InChI=1S/C14H23N5O2S/c1-11-4-6-18(7-5-11)13(20)10-22-14-15-16-17-19(14)9-12-3-2-8-21-12/h11-12H,2-10H2,1H3. The molecule has 0 radical (unpaired) electrons. The maximum absolute atomic E-state index is 12.3. The molecular formula is C14H23N5O2S. The summed E-state index contributed by atoms with van der Waals surface area (Å²) in [5.74, 6) is 1.32. The summed E-state index contributed by atoms with van der Waals surface area (Å²) < 4.78 is 7.37. The molecule has 1 unspecified atom stereocenters. The molecule has 7 nitrogen and oxygen atoms in total. The lowest BCUT2D eigenvalue weighted by atomic mass is 9.99. The van der Waals surface area contributed by atoms with Crippen molar-refractivity contribution >= 4 is 17.7 Å². The number of ether oxygens (including phenoxy) is 1. The average molecular weight is 325 g/mol. The number of piperidine rings is 1. The first kappa shape index (κ1) is 15.7. The smallest absolute Gasteiger partial charge is 0.233 e. The summed E-state index contributed by atoms with van der Waals surface area (Å²) in [5.41, 5.74) is 0. The van der Waals surface area contributed by atoms with Crippen molar-refractivity contribution in [2.24, 2.45) is 5.92 Å². The van der Waals surface area contributed by atoms with Crippen LogP contribution in [-0.2, 0) is 16.1 Å². The Bertz CT molecular complexity index is 495. The van der Waals surface area contributed by atoms with Gasteiger partial charge in [-0.25, -0.2) is 4.68 Å². The van der Waals surface area contributed by atoms with Crippen LogP contribution in [0.4, 0.5) is 0 Å². The first-order chi connectivity index (χ1) is 10.7. The van der Waals surface area contributed by atoms with Crippen molar-refractivity contribution in [2.75, 3.05) is 25.4 Å². The number of likely N-dealkylation sites (tertiary alicyclic amines) is 1. The molecule has 1 aromatic rings. The van der Waals surface area contributed by atoms with Gasteiger partial charge >= 0.3 is 0 Å². The number of tetrazole rings is 1. The highest BCUT2D eigenvalue weighted by molar-refractivity contribution is 7.99. The van der Waals surface area contributed by atoms with Gasteiger partial charge in [0, 0.05) is 19.7 Å². The lowest BCUT2D eigenvalue weighted by Gasteiger charge is -2.30. The third kappa shape index (κ3) is 3.98. The second-order valence-electron chi connectivity index (χ2n) is 6.13. The van der Waals surface area contributed by atoms with Gasteiger partial charge in [0.1, 0.15) is 0 Å². The number of hydrogen-bond donors (Lipinski definition) is 0. The molecule has 1 atom stereocenters. The van der Waals surface area contributed by atoms with Crippen molar-refractivity contribution in [2.45, 2.75) is 50.4 Å².